The van der Waals surface area contributed by atoms with Crippen LogP contribution in [0.3, 0.4) is 0 Å². The average Bonchev–Trinajstić information content (AvgIpc) is 3.48. The van der Waals surface area contributed by atoms with Gasteiger partial charge in [-0.1, -0.05) is 12.2 Å². The maximum absolute atomic E-state index is 11.2. The molecule has 0 atom stereocenters. The summed E-state index contributed by atoms with van der Waals surface area (Å²) in [5.41, 5.74) is -1.02. The number of nitrogens with zero attached hydrogens (tertiary/aromatic N) is 1. The molecule has 5 nitrogen and oxygen atoms in total. The molecule has 0 aromatic carbocycles. The fraction of sp³-hybridized carbons (Fsp3) is 0.360. The van der Waals surface area contributed by atoms with E-state index in [1.165, 1.54) is 0 Å². The van der Waals surface area contributed by atoms with Gasteiger partial charge in [0.2, 0.25) is 0 Å². The number of hydrogen-bond acceptors (Lipinski definition) is 5. The van der Waals surface area contributed by atoms with E-state index < -0.39 is 5.60 Å². The van der Waals surface area contributed by atoms with Crippen molar-refractivity contribution in [1.29, 1.82) is 0 Å². The second-order valence-electron chi connectivity index (χ2n) is 7.69. The number of allylic oxidation sites excluding steroid dienone is 2. The summed E-state index contributed by atoms with van der Waals surface area (Å²) < 4.78 is 17.4. The van der Waals surface area contributed by atoms with Crippen molar-refractivity contribution in [2.75, 3.05) is 0 Å². The van der Waals surface area contributed by atoms with Crippen LogP contribution in [-0.4, -0.2) is 10.0 Å². The zero-order valence-electron chi connectivity index (χ0n) is 17.7. The van der Waals surface area contributed by atoms with Crippen molar-refractivity contribution >= 4 is 0 Å². The van der Waals surface area contributed by atoms with E-state index in [0.717, 1.165) is 23.0 Å². The van der Waals surface area contributed by atoms with Crippen LogP contribution in [0.25, 0.3) is 0 Å². The zero-order valence-corrected chi connectivity index (χ0v) is 17.7. The molecular weight excluding hydrogens is 378 g/mol. The zero-order chi connectivity index (χ0) is 21.4. The van der Waals surface area contributed by atoms with Gasteiger partial charge in [-0.25, -0.2) is 0 Å². The molecule has 0 unspecified atom stereocenters. The molecule has 3 rings (SSSR count). The van der Waals surface area contributed by atoms with Crippen LogP contribution in [0, 0.1) is 6.92 Å². The molecule has 5 heteroatoms. The summed E-state index contributed by atoms with van der Waals surface area (Å²) in [5.74, 6) is 4.03. The Morgan fingerprint density at radius 3 is 2.10 bits per heavy atom. The van der Waals surface area contributed by atoms with Crippen molar-refractivity contribution < 1.29 is 18.4 Å². The first-order valence-corrected chi connectivity index (χ1v) is 10.4. The number of hydrogen-bond donors (Lipinski definition) is 1. The van der Waals surface area contributed by atoms with Gasteiger partial charge in [-0.05, 0) is 69.0 Å². The molecule has 0 saturated heterocycles. The van der Waals surface area contributed by atoms with Gasteiger partial charge >= 0.3 is 0 Å². The monoisotopic (exact) mass is 409 g/mol. The minimum absolute atomic E-state index is 0.569. The van der Waals surface area contributed by atoms with Crippen molar-refractivity contribution in [2.45, 2.75) is 57.8 Å². The van der Waals surface area contributed by atoms with Crippen LogP contribution in [0.2, 0.25) is 0 Å². The largest absolute Gasteiger partial charge is 0.468 e. The molecule has 30 heavy (non-hydrogen) atoms. The molecule has 0 aliphatic carbocycles. The third kappa shape index (κ3) is 5.88. The molecule has 3 aromatic heterocycles. The van der Waals surface area contributed by atoms with Crippen molar-refractivity contribution in [1.82, 2.24) is 4.90 Å². The van der Waals surface area contributed by atoms with E-state index in [1.54, 1.807) is 6.26 Å². The predicted octanol–water partition coefficient (Wildman–Crippen LogP) is 6.10. The van der Waals surface area contributed by atoms with E-state index in [2.05, 4.69) is 18.1 Å². The van der Waals surface area contributed by atoms with Crippen LogP contribution in [0.5, 0.6) is 0 Å². The topological polar surface area (TPSA) is 62.9 Å². The maximum atomic E-state index is 11.2. The first kappa shape index (κ1) is 21.9. The van der Waals surface area contributed by atoms with Crippen molar-refractivity contribution in [3.63, 3.8) is 0 Å². The molecule has 0 bridgehead atoms. The summed E-state index contributed by atoms with van der Waals surface area (Å²) in [6.45, 7) is 11.3. The Balaban J connectivity index is 1.75. The lowest BCUT2D eigenvalue weighted by atomic mass is 9.89. The van der Waals surface area contributed by atoms with E-state index in [4.69, 9.17) is 13.3 Å². The van der Waals surface area contributed by atoms with Gasteiger partial charge in [0.25, 0.3) is 0 Å². The lowest BCUT2D eigenvalue weighted by Gasteiger charge is -2.25. The van der Waals surface area contributed by atoms with Crippen LogP contribution >= 0.6 is 0 Å². The highest BCUT2D eigenvalue weighted by molar-refractivity contribution is 5.15. The van der Waals surface area contributed by atoms with Gasteiger partial charge in [0.15, 0.2) is 0 Å². The molecule has 0 aliphatic heterocycles. The Hall–Kier alpha value is -2.76. The Bertz CT molecular complexity index is 907. The fourth-order valence-corrected chi connectivity index (χ4v) is 3.57. The molecule has 0 amide bonds. The lowest BCUT2D eigenvalue weighted by Crippen LogP contribution is -2.25. The van der Waals surface area contributed by atoms with Gasteiger partial charge in [-0.3, -0.25) is 4.90 Å². The molecule has 0 saturated carbocycles. The normalized spacial score (nSPS) is 11.8. The van der Waals surface area contributed by atoms with Crippen LogP contribution < -0.4 is 0 Å². The Labute approximate surface area is 178 Å². The highest BCUT2D eigenvalue weighted by Crippen LogP contribution is 2.33. The van der Waals surface area contributed by atoms with Crippen molar-refractivity contribution in [3.8, 4) is 0 Å². The summed E-state index contributed by atoms with van der Waals surface area (Å²) in [4.78, 5) is 2.19. The van der Waals surface area contributed by atoms with E-state index in [-0.39, 0.29) is 0 Å². The van der Waals surface area contributed by atoms with Gasteiger partial charge in [0.05, 0.1) is 25.9 Å². The number of furan rings is 3. The second-order valence-corrected chi connectivity index (χ2v) is 7.69. The highest BCUT2D eigenvalue weighted by Gasteiger charge is 2.31. The third-order valence-electron chi connectivity index (χ3n) is 5.16. The lowest BCUT2D eigenvalue weighted by molar-refractivity contribution is -0.00228. The average molecular weight is 410 g/mol. The summed E-state index contributed by atoms with van der Waals surface area (Å²) in [5, 5.41) is 11.2. The van der Waals surface area contributed by atoms with Crippen LogP contribution in [0.1, 0.15) is 54.5 Å². The van der Waals surface area contributed by atoms with Gasteiger partial charge in [-0.2, -0.15) is 0 Å². The highest BCUT2D eigenvalue weighted by atomic mass is 16.4. The SMILES string of the molecule is C=CCCC(O)(CCC=C)c1ccc(CN(Cc2ccco2)Cc2ccc(C)o2)o1. The molecule has 0 aliphatic rings. The standard InChI is InChI=1S/C25H31NO4/c1-4-6-14-25(27,15-7-5-2)24-13-12-23(30-24)19-26(17-21-9-8-16-28-21)18-22-11-10-20(3)29-22/h4-5,8-13,16,27H,1-2,6-7,14-15,17-19H2,3H3. The fourth-order valence-electron chi connectivity index (χ4n) is 3.57. The second kappa shape index (κ2) is 10.3. The van der Waals surface area contributed by atoms with Crippen LogP contribution in [-0.2, 0) is 25.2 Å². The molecule has 0 spiro atoms. The van der Waals surface area contributed by atoms with Gasteiger partial charge in [0.1, 0.15) is 34.4 Å². The first-order valence-electron chi connectivity index (χ1n) is 10.4. The number of aryl methyl sites for hydroxylation is 1. The summed E-state index contributed by atoms with van der Waals surface area (Å²) in [6.07, 6.45) is 7.88. The molecule has 0 radical (unpaired) electrons. The minimum atomic E-state index is -1.02. The van der Waals surface area contributed by atoms with Gasteiger partial charge in [0, 0.05) is 0 Å². The Kier molecular flexibility index (Phi) is 7.55. The summed E-state index contributed by atoms with van der Waals surface area (Å²) in [6, 6.07) is 11.6. The molecule has 1 N–H and O–H groups in total. The number of rotatable bonds is 13. The Morgan fingerprint density at radius 1 is 0.900 bits per heavy atom. The smallest absolute Gasteiger partial charge is 0.135 e. The van der Waals surface area contributed by atoms with Gasteiger partial charge < -0.3 is 18.4 Å². The third-order valence-corrected chi connectivity index (χ3v) is 5.16. The first-order chi connectivity index (χ1) is 14.5. The molecular formula is C25H31NO4. The Morgan fingerprint density at radius 2 is 1.53 bits per heavy atom. The van der Waals surface area contributed by atoms with Crippen LogP contribution in [0.4, 0.5) is 0 Å². The molecule has 0 fully saturated rings. The van der Waals surface area contributed by atoms with Crippen molar-refractivity contribution in [3.05, 3.63) is 96.8 Å². The van der Waals surface area contributed by atoms with Crippen molar-refractivity contribution in [2.24, 2.45) is 0 Å². The van der Waals surface area contributed by atoms with E-state index >= 15 is 0 Å². The number of aliphatic hydroxyl groups is 1. The van der Waals surface area contributed by atoms with Crippen LogP contribution in [0.15, 0.2) is 81.2 Å². The molecule has 160 valence electrons. The van der Waals surface area contributed by atoms with E-state index in [9.17, 15) is 5.11 Å². The predicted molar refractivity (Wildman–Crippen MR) is 117 cm³/mol. The quantitative estimate of drug-likeness (QED) is 0.346. The minimum Gasteiger partial charge on any atom is -0.468 e. The summed E-state index contributed by atoms with van der Waals surface area (Å²) in [7, 11) is 0. The van der Waals surface area contributed by atoms with E-state index in [1.807, 2.05) is 55.5 Å². The molecule has 3 aromatic rings. The van der Waals surface area contributed by atoms with Gasteiger partial charge in [-0.15, -0.1) is 13.2 Å². The molecule has 3 heterocycles. The van der Waals surface area contributed by atoms with E-state index in [0.29, 0.717) is 51.1 Å². The summed E-state index contributed by atoms with van der Waals surface area (Å²) >= 11 is 0. The maximum Gasteiger partial charge on any atom is 0.135 e.